The molecule has 0 saturated carbocycles. The molecule has 33 heavy (non-hydrogen) atoms. The maximum Gasteiger partial charge on any atom is 0.264 e. The summed E-state index contributed by atoms with van der Waals surface area (Å²) in [6.45, 7) is 1.09. The number of halogens is 1. The predicted molar refractivity (Wildman–Crippen MR) is 122 cm³/mol. The smallest absolute Gasteiger partial charge is 0.264 e. The highest BCUT2D eigenvalue weighted by Gasteiger charge is 2.28. The molecule has 0 spiro atoms. The average Bonchev–Trinajstić information content (AvgIpc) is 2.84. The molecule has 1 heterocycles. The van der Waals surface area contributed by atoms with Crippen molar-refractivity contribution in [3.05, 3.63) is 90.2 Å². The Labute approximate surface area is 193 Å². The number of ether oxygens (including phenoxy) is 1. The Balaban J connectivity index is 1.70. The third-order valence-electron chi connectivity index (χ3n) is 5.28. The Bertz CT molecular complexity index is 1310. The van der Waals surface area contributed by atoms with Gasteiger partial charge in [-0.3, -0.25) is 4.31 Å². The first kappa shape index (κ1) is 23.4. The van der Waals surface area contributed by atoms with E-state index in [0.717, 1.165) is 12.1 Å². The highest BCUT2D eigenvalue weighted by Crippen LogP contribution is 2.27. The van der Waals surface area contributed by atoms with Crippen LogP contribution in [0, 0.1) is 5.82 Å². The van der Waals surface area contributed by atoms with Crippen molar-refractivity contribution in [3.8, 4) is 0 Å². The summed E-state index contributed by atoms with van der Waals surface area (Å²) in [5, 5.41) is 0. The third-order valence-corrected chi connectivity index (χ3v) is 8.96. The van der Waals surface area contributed by atoms with Crippen LogP contribution in [-0.4, -0.2) is 47.4 Å². The maximum atomic E-state index is 13.4. The van der Waals surface area contributed by atoms with Crippen LogP contribution in [0.4, 0.5) is 10.1 Å². The molecule has 0 amide bonds. The van der Waals surface area contributed by atoms with Crippen LogP contribution in [0.2, 0.25) is 0 Å². The van der Waals surface area contributed by atoms with E-state index in [2.05, 4.69) is 0 Å². The standard InChI is InChI=1S/C23H23FN2O5S2/c24-20-9-11-22(12-10-20)33(29,30)26(21-6-2-1-3-7-21)18-19-5-4-8-23(17-19)32(27,28)25-13-15-31-16-14-25/h1-12,17H,13-16,18H2. The minimum atomic E-state index is -4.05. The molecule has 0 aromatic heterocycles. The summed E-state index contributed by atoms with van der Waals surface area (Å²) >= 11 is 0. The molecule has 0 bridgehead atoms. The Morgan fingerprint density at radius 1 is 0.818 bits per heavy atom. The van der Waals surface area contributed by atoms with Crippen LogP contribution < -0.4 is 4.31 Å². The molecule has 0 radical (unpaired) electrons. The highest BCUT2D eigenvalue weighted by molar-refractivity contribution is 7.92. The van der Waals surface area contributed by atoms with Gasteiger partial charge in [-0.05, 0) is 54.1 Å². The molecule has 0 aliphatic carbocycles. The van der Waals surface area contributed by atoms with E-state index in [-0.39, 0.29) is 29.4 Å². The van der Waals surface area contributed by atoms with Gasteiger partial charge in [-0.25, -0.2) is 21.2 Å². The van der Waals surface area contributed by atoms with Crippen molar-refractivity contribution in [2.24, 2.45) is 0 Å². The predicted octanol–water partition coefficient (Wildman–Crippen LogP) is 3.24. The Kier molecular flexibility index (Phi) is 6.80. The first-order chi connectivity index (χ1) is 15.8. The summed E-state index contributed by atoms with van der Waals surface area (Å²) in [6, 6.07) is 19.3. The molecule has 174 valence electrons. The van der Waals surface area contributed by atoms with Crippen molar-refractivity contribution in [2.45, 2.75) is 16.3 Å². The van der Waals surface area contributed by atoms with E-state index in [1.807, 2.05) is 0 Å². The summed E-state index contributed by atoms with van der Waals surface area (Å²) in [7, 11) is -7.78. The number of hydrogen-bond donors (Lipinski definition) is 0. The second-order valence-electron chi connectivity index (χ2n) is 7.47. The molecule has 1 aliphatic rings. The average molecular weight is 491 g/mol. The molecule has 7 nitrogen and oxygen atoms in total. The fraction of sp³-hybridized carbons (Fsp3) is 0.217. The third kappa shape index (κ3) is 5.09. The molecule has 1 saturated heterocycles. The van der Waals surface area contributed by atoms with Crippen LogP contribution in [0.5, 0.6) is 0 Å². The fourth-order valence-corrected chi connectivity index (χ4v) is 6.48. The first-order valence-electron chi connectivity index (χ1n) is 10.3. The number of sulfonamides is 2. The molecule has 0 atom stereocenters. The van der Waals surface area contributed by atoms with E-state index in [1.54, 1.807) is 42.5 Å². The number of nitrogens with zero attached hydrogens (tertiary/aromatic N) is 2. The van der Waals surface area contributed by atoms with Gasteiger partial charge in [0.25, 0.3) is 10.0 Å². The van der Waals surface area contributed by atoms with Crippen LogP contribution in [-0.2, 0) is 31.3 Å². The van der Waals surface area contributed by atoms with Gasteiger partial charge < -0.3 is 4.74 Å². The molecular formula is C23H23FN2O5S2. The van der Waals surface area contributed by atoms with E-state index in [0.29, 0.717) is 24.5 Å². The van der Waals surface area contributed by atoms with Crippen LogP contribution in [0.3, 0.4) is 0 Å². The largest absolute Gasteiger partial charge is 0.379 e. The second-order valence-corrected chi connectivity index (χ2v) is 11.3. The lowest BCUT2D eigenvalue weighted by Crippen LogP contribution is -2.40. The van der Waals surface area contributed by atoms with Crippen molar-refractivity contribution in [1.29, 1.82) is 0 Å². The first-order valence-corrected chi connectivity index (χ1v) is 13.2. The van der Waals surface area contributed by atoms with E-state index in [1.165, 1.54) is 32.9 Å². The summed E-state index contributed by atoms with van der Waals surface area (Å²) in [4.78, 5) is 0.0268. The van der Waals surface area contributed by atoms with E-state index in [9.17, 15) is 21.2 Å². The fourth-order valence-electron chi connectivity index (χ4n) is 3.55. The Morgan fingerprint density at radius 3 is 2.15 bits per heavy atom. The van der Waals surface area contributed by atoms with Crippen LogP contribution in [0.25, 0.3) is 0 Å². The van der Waals surface area contributed by atoms with Crippen LogP contribution in [0.15, 0.2) is 88.7 Å². The van der Waals surface area contributed by atoms with Gasteiger partial charge in [0.15, 0.2) is 0 Å². The summed E-state index contributed by atoms with van der Waals surface area (Å²) in [6.07, 6.45) is 0. The van der Waals surface area contributed by atoms with E-state index < -0.39 is 25.9 Å². The summed E-state index contributed by atoms with van der Waals surface area (Å²) < 4.78 is 74.1. The number of morpholine rings is 1. The molecule has 1 fully saturated rings. The molecule has 3 aromatic carbocycles. The van der Waals surface area contributed by atoms with Gasteiger partial charge in [0.2, 0.25) is 10.0 Å². The Morgan fingerprint density at radius 2 is 1.48 bits per heavy atom. The van der Waals surface area contributed by atoms with Gasteiger partial charge >= 0.3 is 0 Å². The van der Waals surface area contributed by atoms with E-state index >= 15 is 0 Å². The SMILES string of the molecule is O=S(=O)(c1cccc(CN(c2ccccc2)S(=O)(=O)c2ccc(F)cc2)c1)N1CCOCC1. The second kappa shape index (κ2) is 9.60. The molecular weight excluding hydrogens is 467 g/mol. The Hall–Kier alpha value is -2.79. The quantitative estimate of drug-likeness (QED) is 0.508. The monoisotopic (exact) mass is 490 g/mol. The van der Waals surface area contributed by atoms with Gasteiger partial charge in [0.1, 0.15) is 5.82 Å². The van der Waals surface area contributed by atoms with Gasteiger partial charge in [-0.1, -0.05) is 30.3 Å². The van der Waals surface area contributed by atoms with Crippen molar-refractivity contribution < 1.29 is 26.0 Å². The van der Waals surface area contributed by atoms with Crippen molar-refractivity contribution in [3.63, 3.8) is 0 Å². The lowest BCUT2D eigenvalue weighted by molar-refractivity contribution is 0.0730. The molecule has 4 rings (SSSR count). The zero-order valence-electron chi connectivity index (χ0n) is 17.7. The zero-order valence-corrected chi connectivity index (χ0v) is 19.3. The van der Waals surface area contributed by atoms with Crippen LogP contribution >= 0.6 is 0 Å². The number of rotatable bonds is 7. The summed E-state index contributed by atoms with van der Waals surface area (Å²) in [5.74, 6) is -0.541. The van der Waals surface area contributed by atoms with E-state index in [4.69, 9.17) is 4.74 Å². The minimum absolute atomic E-state index is 0.0650. The molecule has 3 aromatic rings. The minimum Gasteiger partial charge on any atom is -0.379 e. The maximum absolute atomic E-state index is 13.4. The number of para-hydroxylation sites is 1. The number of anilines is 1. The van der Waals surface area contributed by atoms with Gasteiger partial charge in [-0.15, -0.1) is 0 Å². The van der Waals surface area contributed by atoms with Gasteiger partial charge in [0.05, 0.1) is 35.2 Å². The molecule has 0 N–H and O–H groups in total. The highest BCUT2D eigenvalue weighted by atomic mass is 32.2. The number of benzene rings is 3. The van der Waals surface area contributed by atoms with Gasteiger partial charge in [-0.2, -0.15) is 4.31 Å². The topological polar surface area (TPSA) is 84.0 Å². The van der Waals surface area contributed by atoms with Crippen LogP contribution in [0.1, 0.15) is 5.56 Å². The van der Waals surface area contributed by atoms with Crippen molar-refractivity contribution in [2.75, 3.05) is 30.6 Å². The van der Waals surface area contributed by atoms with Crippen molar-refractivity contribution >= 4 is 25.7 Å². The molecule has 1 aliphatic heterocycles. The van der Waals surface area contributed by atoms with Gasteiger partial charge in [0, 0.05) is 13.1 Å². The number of hydrogen-bond acceptors (Lipinski definition) is 5. The van der Waals surface area contributed by atoms with Crippen molar-refractivity contribution in [1.82, 2.24) is 4.31 Å². The zero-order chi connectivity index (χ0) is 23.5. The lowest BCUT2D eigenvalue weighted by Gasteiger charge is -2.27. The molecule has 10 heteroatoms. The lowest BCUT2D eigenvalue weighted by atomic mass is 10.2. The summed E-state index contributed by atoms with van der Waals surface area (Å²) in [5.41, 5.74) is 0.905. The normalized spacial score (nSPS) is 15.3. The molecule has 0 unspecified atom stereocenters.